The van der Waals surface area contributed by atoms with Gasteiger partial charge in [-0.3, -0.25) is 9.59 Å². The van der Waals surface area contributed by atoms with Gasteiger partial charge in [0.25, 0.3) is 0 Å². The highest BCUT2D eigenvalue weighted by Gasteiger charge is 2.53. The van der Waals surface area contributed by atoms with Crippen molar-refractivity contribution >= 4 is 22.9 Å². The monoisotopic (exact) mass is 545 g/mol. The average molecular weight is 546 g/mol. The van der Waals surface area contributed by atoms with Gasteiger partial charge < -0.3 is 29.2 Å². The van der Waals surface area contributed by atoms with E-state index >= 15 is 0 Å². The zero-order valence-corrected chi connectivity index (χ0v) is 23.7. The van der Waals surface area contributed by atoms with Crippen molar-refractivity contribution < 1.29 is 38.8 Å². The van der Waals surface area contributed by atoms with Crippen molar-refractivity contribution in [2.45, 2.75) is 116 Å². The summed E-state index contributed by atoms with van der Waals surface area (Å²) in [4.78, 5) is 31.1. The van der Waals surface area contributed by atoms with Crippen LogP contribution in [0.1, 0.15) is 97.1 Å². The highest BCUT2D eigenvalue weighted by Crippen LogP contribution is 2.47. The number of rotatable bonds is 4. The molecule has 9 nitrogen and oxygen atoms in total. The number of epoxide rings is 1. The fraction of sp³-hybridized carbons (Fsp3) is 0.700. The molecule has 4 rings (SSSR count). The zero-order chi connectivity index (χ0) is 28.5. The third-order valence-corrected chi connectivity index (χ3v) is 8.79. The van der Waals surface area contributed by atoms with Crippen LogP contribution in [0.5, 0.6) is 0 Å². The third kappa shape index (κ3) is 6.37. The lowest BCUT2D eigenvalue weighted by atomic mass is 9.71. The van der Waals surface area contributed by atoms with Gasteiger partial charge in [0.1, 0.15) is 24.0 Å². The lowest BCUT2D eigenvalue weighted by Gasteiger charge is -2.36. The predicted octanol–water partition coefficient (Wildman–Crippen LogP) is 4.40. The van der Waals surface area contributed by atoms with Gasteiger partial charge in [0, 0.05) is 12.3 Å². The van der Waals surface area contributed by atoms with Gasteiger partial charge in [-0.1, -0.05) is 46.6 Å². The number of aromatic nitrogens is 1. The van der Waals surface area contributed by atoms with E-state index in [0.717, 1.165) is 25.7 Å². The summed E-state index contributed by atoms with van der Waals surface area (Å²) in [6.07, 6.45) is 0.774. The molecule has 2 aromatic rings. The Morgan fingerprint density at radius 1 is 1.15 bits per heavy atom. The van der Waals surface area contributed by atoms with E-state index in [4.69, 9.17) is 13.9 Å². The summed E-state index contributed by atoms with van der Waals surface area (Å²) in [5.41, 5.74) is 0.153. The summed E-state index contributed by atoms with van der Waals surface area (Å²) in [7, 11) is 0. The van der Waals surface area contributed by atoms with Gasteiger partial charge >= 0.3 is 5.97 Å². The molecule has 7 atom stereocenters. The number of hydrogen-bond acceptors (Lipinski definition) is 9. The molecule has 1 aromatic carbocycles. The lowest BCUT2D eigenvalue weighted by Crippen LogP contribution is -2.46. The van der Waals surface area contributed by atoms with E-state index in [9.17, 15) is 24.9 Å². The molecule has 0 spiro atoms. The largest absolute Gasteiger partial charge is 0.457 e. The number of cyclic esters (lactones) is 1. The second-order valence-corrected chi connectivity index (χ2v) is 12.2. The van der Waals surface area contributed by atoms with Crippen molar-refractivity contribution in [1.29, 1.82) is 0 Å². The minimum Gasteiger partial charge on any atom is -0.457 e. The predicted molar refractivity (Wildman–Crippen MR) is 143 cm³/mol. The first-order valence-electron chi connectivity index (χ1n) is 14.2. The van der Waals surface area contributed by atoms with Gasteiger partial charge in [-0.05, 0) is 49.8 Å². The molecular formula is C30H43NO8. The van der Waals surface area contributed by atoms with Crippen LogP contribution in [-0.4, -0.2) is 56.0 Å². The average Bonchev–Trinajstić information content (AvgIpc) is 3.33. The summed E-state index contributed by atoms with van der Waals surface area (Å²) in [6, 6.07) is 5.30. The number of carbonyl (C=O) groups excluding carboxylic acids is 2. The summed E-state index contributed by atoms with van der Waals surface area (Å²) < 4.78 is 17.5. The molecule has 0 amide bonds. The van der Waals surface area contributed by atoms with Crippen molar-refractivity contribution in [2.24, 2.45) is 17.3 Å². The van der Waals surface area contributed by atoms with E-state index in [0.29, 0.717) is 29.5 Å². The lowest BCUT2D eigenvalue weighted by molar-refractivity contribution is -0.156. The number of hydrogen-bond donors (Lipinski definition) is 3. The Labute approximate surface area is 229 Å². The zero-order valence-electron chi connectivity index (χ0n) is 23.7. The molecule has 2 saturated heterocycles. The molecule has 1 aromatic heterocycles. The van der Waals surface area contributed by atoms with E-state index in [-0.39, 0.29) is 42.3 Å². The highest BCUT2D eigenvalue weighted by molar-refractivity contribution is 5.88. The first kappa shape index (κ1) is 29.6. The van der Waals surface area contributed by atoms with Gasteiger partial charge in [-0.15, -0.1) is 0 Å². The molecule has 0 radical (unpaired) electrons. The first-order valence-corrected chi connectivity index (χ1v) is 14.2. The van der Waals surface area contributed by atoms with Gasteiger partial charge in [0.2, 0.25) is 5.89 Å². The molecule has 39 heavy (non-hydrogen) atoms. The Morgan fingerprint density at radius 2 is 1.90 bits per heavy atom. The van der Waals surface area contributed by atoms with Gasteiger partial charge in [0.15, 0.2) is 5.58 Å². The minimum atomic E-state index is -1.28. The van der Waals surface area contributed by atoms with Crippen LogP contribution in [0.15, 0.2) is 22.6 Å². The van der Waals surface area contributed by atoms with Crippen molar-refractivity contribution in [3.8, 4) is 0 Å². The molecule has 0 unspecified atom stereocenters. The number of fused-ring (bicyclic) bond motifs is 2. The number of carbonyl (C=O) groups is 2. The maximum atomic E-state index is 13.6. The summed E-state index contributed by atoms with van der Waals surface area (Å²) in [5, 5.41) is 31.6. The first-order chi connectivity index (χ1) is 18.4. The van der Waals surface area contributed by atoms with Crippen LogP contribution in [0.4, 0.5) is 0 Å². The normalized spacial score (nSPS) is 34.5. The molecule has 2 aliphatic rings. The molecule has 0 aliphatic carbocycles. The van der Waals surface area contributed by atoms with Crippen LogP contribution in [-0.2, 0) is 25.7 Å². The Kier molecular flexibility index (Phi) is 8.86. The molecular weight excluding hydrogens is 502 g/mol. The van der Waals surface area contributed by atoms with Gasteiger partial charge in [-0.2, -0.15) is 0 Å². The Balaban J connectivity index is 1.63. The van der Waals surface area contributed by atoms with E-state index in [2.05, 4.69) is 4.98 Å². The second-order valence-electron chi connectivity index (χ2n) is 12.2. The van der Waals surface area contributed by atoms with Crippen LogP contribution >= 0.6 is 0 Å². The van der Waals surface area contributed by atoms with E-state index in [1.165, 1.54) is 0 Å². The van der Waals surface area contributed by atoms with Crippen LogP contribution in [0, 0.1) is 17.3 Å². The van der Waals surface area contributed by atoms with E-state index in [1.54, 1.807) is 32.0 Å². The smallest absolute Gasteiger partial charge is 0.309 e. The number of ether oxygens (including phenoxy) is 2. The number of ketones is 1. The van der Waals surface area contributed by atoms with Crippen LogP contribution in [0.2, 0.25) is 0 Å². The number of oxazole rings is 1. The fourth-order valence-corrected chi connectivity index (χ4v) is 5.89. The minimum absolute atomic E-state index is 0.0946. The molecule has 3 N–H and O–H groups in total. The van der Waals surface area contributed by atoms with Gasteiger partial charge in [-0.25, -0.2) is 4.98 Å². The number of benzene rings is 1. The van der Waals surface area contributed by atoms with E-state index in [1.807, 2.05) is 20.8 Å². The second kappa shape index (κ2) is 11.6. The molecule has 216 valence electrons. The molecule has 0 bridgehead atoms. The van der Waals surface area contributed by atoms with Crippen LogP contribution in [0.25, 0.3) is 11.1 Å². The molecule has 2 aliphatic heterocycles. The van der Waals surface area contributed by atoms with Crippen molar-refractivity contribution in [3.05, 3.63) is 29.7 Å². The number of aliphatic hydroxyl groups is 3. The van der Waals surface area contributed by atoms with Gasteiger partial charge in [0.05, 0.1) is 35.7 Å². The Bertz CT molecular complexity index is 1170. The maximum Gasteiger partial charge on any atom is 0.309 e. The van der Waals surface area contributed by atoms with Crippen LogP contribution < -0.4 is 0 Å². The number of Topliss-reactive ketones (excluding diaryl/α,β-unsaturated/α-hetero) is 1. The standard InChI is InChI=1S/C30H43NO8/c1-6-8-19-27(35)17(2)9-7-12-30(5)24(39-30)14-22(38-26(34)15-23(33)29(3,4)28(19)36)18-10-11-21-20(13-18)31-25(16-32)37-21/h10-11,13,17,19,22-24,27,32-33,35H,6-9,12,14-16H2,1-5H3/t17-,19+,22-,23-,24-,27-,30+/m0/s1. The molecule has 3 heterocycles. The third-order valence-electron chi connectivity index (χ3n) is 8.79. The summed E-state index contributed by atoms with van der Waals surface area (Å²) in [6.45, 7) is 8.93. The Morgan fingerprint density at radius 3 is 2.59 bits per heavy atom. The summed E-state index contributed by atoms with van der Waals surface area (Å²) in [5.74, 6) is -1.37. The topological polar surface area (TPSA) is 143 Å². The number of esters is 1. The van der Waals surface area contributed by atoms with E-state index < -0.39 is 35.6 Å². The Hall–Kier alpha value is -2.33. The molecule has 2 fully saturated rings. The van der Waals surface area contributed by atoms with Crippen molar-refractivity contribution in [3.63, 3.8) is 0 Å². The fourth-order valence-electron chi connectivity index (χ4n) is 5.89. The summed E-state index contributed by atoms with van der Waals surface area (Å²) >= 11 is 0. The van der Waals surface area contributed by atoms with Crippen LogP contribution in [0.3, 0.4) is 0 Å². The van der Waals surface area contributed by atoms with Crippen molar-refractivity contribution in [2.75, 3.05) is 0 Å². The maximum absolute atomic E-state index is 13.6. The SMILES string of the molecule is CCC[C@H]1C(=O)C(C)(C)[C@@H](O)CC(=O)O[C@H](c2ccc3oc(CO)nc3c2)C[C@@H]2O[C@]2(C)CCC[C@H](C)[C@@H]1O. The van der Waals surface area contributed by atoms with Crippen molar-refractivity contribution in [1.82, 2.24) is 4.98 Å². The number of nitrogens with zero attached hydrogens (tertiary/aromatic N) is 1. The quantitative estimate of drug-likeness (QED) is 0.376. The molecule has 9 heteroatoms. The highest BCUT2D eigenvalue weighted by atomic mass is 16.6. The molecule has 0 saturated carbocycles. The number of aliphatic hydroxyl groups excluding tert-OH is 3.